The van der Waals surface area contributed by atoms with Gasteiger partial charge >= 0.3 is 0 Å². The van der Waals surface area contributed by atoms with Gasteiger partial charge in [0.2, 0.25) is 0 Å². The molecule has 0 fully saturated rings. The van der Waals surface area contributed by atoms with E-state index in [9.17, 15) is 0 Å². The van der Waals surface area contributed by atoms with Crippen molar-refractivity contribution in [2.75, 3.05) is 33.0 Å². The molecular weight excluding hydrogens is 200 g/mol. The Labute approximate surface area is 97.8 Å². The Hall–Kier alpha value is -1.00. The van der Waals surface area contributed by atoms with Gasteiger partial charge in [0, 0.05) is 31.0 Å². The summed E-state index contributed by atoms with van der Waals surface area (Å²) in [5.41, 5.74) is 5.58. The molecule has 3 N–H and O–H groups in total. The summed E-state index contributed by atoms with van der Waals surface area (Å²) in [6, 6.07) is 0. The predicted octanol–water partition coefficient (Wildman–Crippen LogP) is 0.567. The van der Waals surface area contributed by atoms with Gasteiger partial charge in [-0.3, -0.25) is 10.2 Å². The van der Waals surface area contributed by atoms with Crippen LogP contribution in [0, 0.1) is 0 Å². The number of rotatable bonds is 2. The fourth-order valence-electron chi connectivity index (χ4n) is 2.09. The summed E-state index contributed by atoms with van der Waals surface area (Å²) in [6.07, 6.45) is 0. The summed E-state index contributed by atoms with van der Waals surface area (Å²) >= 11 is 0. The van der Waals surface area contributed by atoms with Gasteiger partial charge in [0.1, 0.15) is 0 Å². The molecule has 0 saturated heterocycles. The Morgan fingerprint density at radius 2 is 1.94 bits per heavy atom. The van der Waals surface area contributed by atoms with Crippen LogP contribution < -0.4 is 16.0 Å². The lowest BCUT2D eigenvalue weighted by Crippen LogP contribution is -2.45. The highest BCUT2D eigenvalue weighted by Gasteiger charge is 2.16. The molecule has 0 aliphatic carbocycles. The molecule has 2 aliphatic rings. The molecule has 0 amide bonds. The standard InChI is InChI=1S/C12H22N4/c1-9-4-13-7-14-12(9)6-16-5-10(2)11(3)15-8-16/h13-15H,4-8H2,1-3H3. The topological polar surface area (TPSA) is 39.3 Å². The third kappa shape index (κ3) is 2.57. The van der Waals surface area contributed by atoms with Crippen molar-refractivity contribution in [1.82, 2.24) is 20.9 Å². The summed E-state index contributed by atoms with van der Waals surface area (Å²) in [7, 11) is 0. The number of nitrogens with zero attached hydrogens (tertiary/aromatic N) is 1. The van der Waals surface area contributed by atoms with E-state index in [0.717, 1.165) is 33.0 Å². The van der Waals surface area contributed by atoms with Crippen molar-refractivity contribution in [3.63, 3.8) is 0 Å². The fraction of sp³-hybridized carbons (Fsp3) is 0.667. The maximum Gasteiger partial charge on any atom is 0.0681 e. The van der Waals surface area contributed by atoms with Gasteiger partial charge in [-0.05, 0) is 31.9 Å². The van der Waals surface area contributed by atoms with Crippen molar-refractivity contribution in [3.8, 4) is 0 Å². The van der Waals surface area contributed by atoms with E-state index in [0.29, 0.717) is 0 Å². The van der Waals surface area contributed by atoms with E-state index in [1.807, 2.05) is 0 Å². The molecule has 2 heterocycles. The molecule has 2 rings (SSSR count). The average molecular weight is 222 g/mol. The van der Waals surface area contributed by atoms with E-state index < -0.39 is 0 Å². The summed E-state index contributed by atoms with van der Waals surface area (Å²) in [5.74, 6) is 0. The van der Waals surface area contributed by atoms with E-state index in [1.165, 1.54) is 22.5 Å². The zero-order valence-electron chi connectivity index (χ0n) is 10.5. The van der Waals surface area contributed by atoms with Gasteiger partial charge in [0.15, 0.2) is 0 Å². The van der Waals surface area contributed by atoms with Gasteiger partial charge in [-0.15, -0.1) is 0 Å². The molecule has 0 spiro atoms. The van der Waals surface area contributed by atoms with Crippen LogP contribution in [0.15, 0.2) is 22.5 Å². The molecule has 0 aromatic rings. The van der Waals surface area contributed by atoms with Crippen LogP contribution >= 0.6 is 0 Å². The van der Waals surface area contributed by atoms with E-state index >= 15 is 0 Å². The fourth-order valence-corrected chi connectivity index (χ4v) is 2.09. The zero-order chi connectivity index (χ0) is 11.5. The SMILES string of the molecule is CC1=C(C)NCN(CC2=C(C)CNCN2)C1. The minimum Gasteiger partial charge on any atom is -0.376 e. The van der Waals surface area contributed by atoms with Gasteiger partial charge in [-0.2, -0.15) is 0 Å². The van der Waals surface area contributed by atoms with Crippen LogP contribution in [0.1, 0.15) is 20.8 Å². The van der Waals surface area contributed by atoms with Crippen LogP contribution in [-0.4, -0.2) is 37.9 Å². The number of nitrogens with one attached hydrogen (secondary N) is 3. The maximum atomic E-state index is 3.43. The molecule has 0 aromatic carbocycles. The Morgan fingerprint density at radius 1 is 1.12 bits per heavy atom. The minimum absolute atomic E-state index is 0.891. The van der Waals surface area contributed by atoms with Gasteiger partial charge in [-0.1, -0.05) is 0 Å². The molecule has 90 valence electrons. The second-order valence-electron chi connectivity index (χ2n) is 4.77. The molecule has 0 radical (unpaired) electrons. The highest BCUT2D eigenvalue weighted by atomic mass is 15.3. The molecule has 4 heteroatoms. The van der Waals surface area contributed by atoms with Gasteiger partial charge < -0.3 is 10.6 Å². The van der Waals surface area contributed by atoms with Crippen LogP contribution in [0.5, 0.6) is 0 Å². The van der Waals surface area contributed by atoms with Gasteiger partial charge in [0.05, 0.1) is 13.3 Å². The highest BCUT2D eigenvalue weighted by Crippen LogP contribution is 2.12. The lowest BCUT2D eigenvalue weighted by Gasteiger charge is -2.32. The lowest BCUT2D eigenvalue weighted by atomic mass is 10.1. The van der Waals surface area contributed by atoms with Crippen molar-refractivity contribution in [1.29, 1.82) is 0 Å². The zero-order valence-corrected chi connectivity index (χ0v) is 10.5. The quantitative estimate of drug-likeness (QED) is 0.639. The molecule has 0 saturated carbocycles. The molecule has 0 atom stereocenters. The van der Waals surface area contributed by atoms with Crippen LogP contribution in [0.25, 0.3) is 0 Å². The lowest BCUT2D eigenvalue weighted by molar-refractivity contribution is 0.279. The Bertz CT molecular complexity index is 330. The Morgan fingerprint density at radius 3 is 2.62 bits per heavy atom. The monoisotopic (exact) mass is 222 g/mol. The highest BCUT2D eigenvalue weighted by molar-refractivity contribution is 5.18. The predicted molar refractivity (Wildman–Crippen MR) is 66.7 cm³/mol. The summed E-state index contributed by atoms with van der Waals surface area (Å²) < 4.78 is 0. The number of hydrogen-bond acceptors (Lipinski definition) is 4. The Balaban J connectivity index is 1.96. The normalized spacial score (nSPS) is 23.2. The maximum absolute atomic E-state index is 3.43. The molecule has 16 heavy (non-hydrogen) atoms. The Kier molecular flexibility index (Phi) is 3.51. The number of allylic oxidation sites excluding steroid dienone is 1. The molecule has 2 aliphatic heterocycles. The van der Waals surface area contributed by atoms with Crippen LogP contribution in [-0.2, 0) is 0 Å². The van der Waals surface area contributed by atoms with E-state index in [1.54, 1.807) is 0 Å². The molecular formula is C12H22N4. The summed E-state index contributed by atoms with van der Waals surface area (Å²) in [4.78, 5) is 2.43. The number of hydrogen-bond donors (Lipinski definition) is 3. The van der Waals surface area contributed by atoms with Crippen molar-refractivity contribution in [2.24, 2.45) is 0 Å². The third-order valence-electron chi connectivity index (χ3n) is 3.38. The van der Waals surface area contributed by atoms with E-state index in [4.69, 9.17) is 0 Å². The van der Waals surface area contributed by atoms with Crippen molar-refractivity contribution < 1.29 is 0 Å². The van der Waals surface area contributed by atoms with Crippen molar-refractivity contribution >= 4 is 0 Å². The van der Waals surface area contributed by atoms with Crippen LogP contribution in [0.4, 0.5) is 0 Å². The first kappa shape index (κ1) is 11.5. The smallest absolute Gasteiger partial charge is 0.0681 e. The molecule has 0 bridgehead atoms. The third-order valence-corrected chi connectivity index (χ3v) is 3.38. The first-order chi connectivity index (χ1) is 7.66. The van der Waals surface area contributed by atoms with Crippen LogP contribution in [0.2, 0.25) is 0 Å². The first-order valence-electron chi connectivity index (χ1n) is 5.92. The second-order valence-corrected chi connectivity index (χ2v) is 4.77. The summed E-state index contributed by atoms with van der Waals surface area (Å²) in [5, 5.41) is 10.2. The van der Waals surface area contributed by atoms with E-state index in [-0.39, 0.29) is 0 Å². The average Bonchev–Trinajstić information content (AvgIpc) is 2.27. The second kappa shape index (κ2) is 4.89. The van der Waals surface area contributed by atoms with E-state index in [2.05, 4.69) is 41.6 Å². The minimum atomic E-state index is 0.891. The van der Waals surface area contributed by atoms with Crippen LogP contribution in [0.3, 0.4) is 0 Å². The largest absolute Gasteiger partial charge is 0.376 e. The van der Waals surface area contributed by atoms with Gasteiger partial charge in [0.25, 0.3) is 0 Å². The first-order valence-corrected chi connectivity index (χ1v) is 5.92. The van der Waals surface area contributed by atoms with Crippen molar-refractivity contribution in [3.05, 3.63) is 22.5 Å². The molecule has 0 aromatic heterocycles. The molecule has 0 unspecified atom stereocenters. The van der Waals surface area contributed by atoms with Gasteiger partial charge in [-0.25, -0.2) is 0 Å². The molecule has 4 nitrogen and oxygen atoms in total. The summed E-state index contributed by atoms with van der Waals surface area (Å²) in [6.45, 7) is 11.5. The van der Waals surface area contributed by atoms with Crippen molar-refractivity contribution in [2.45, 2.75) is 20.8 Å².